The van der Waals surface area contributed by atoms with Crippen molar-refractivity contribution in [1.82, 2.24) is 15.2 Å². The quantitative estimate of drug-likeness (QED) is 0.790. The maximum atomic E-state index is 5.55. The Balaban J connectivity index is 2.86. The highest BCUT2D eigenvalue weighted by molar-refractivity contribution is 7.80. The van der Waals surface area contributed by atoms with E-state index in [0.717, 1.165) is 24.5 Å². The van der Waals surface area contributed by atoms with E-state index in [2.05, 4.69) is 33.9 Å². The van der Waals surface area contributed by atoms with E-state index in [9.17, 15) is 0 Å². The summed E-state index contributed by atoms with van der Waals surface area (Å²) in [5, 5.41) is 8.27. The zero-order chi connectivity index (χ0) is 13.7. The Hall–Kier alpha value is -1.30. The fourth-order valence-electron chi connectivity index (χ4n) is 1.54. The van der Waals surface area contributed by atoms with E-state index >= 15 is 0 Å². The van der Waals surface area contributed by atoms with Crippen molar-refractivity contribution < 1.29 is 0 Å². The molecule has 0 saturated carbocycles. The van der Waals surface area contributed by atoms with Crippen LogP contribution in [0.25, 0.3) is 0 Å². The van der Waals surface area contributed by atoms with Gasteiger partial charge in [0.15, 0.2) is 0 Å². The van der Waals surface area contributed by atoms with E-state index in [1.54, 1.807) is 0 Å². The number of anilines is 1. The summed E-state index contributed by atoms with van der Waals surface area (Å²) in [4.78, 5) is 7.07. The third-order valence-electron chi connectivity index (χ3n) is 2.58. The second kappa shape index (κ2) is 6.58. The van der Waals surface area contributed by atoms with Crippen LogP contribution >= 0.6 is 12.2 Å². The molecule has 0 fully saturated rings. The topological polar surface area (TPSA) is 67.9 Å². The number of nitrogens with zero attached hydrogens (tertiary/aromatic N) is 4. The molecule has 1 heterocycles. The van der Waals surface area contributed by atoms with E-state index in [1.165, 1.54) is 0 Å². The molecule has 0 aliphatic carbocycles. The van der Waals surface area contributed by atoms with Crippen molar-refractivity contribution in [3.8, 4) is 0 Å². The van der Waals surface area contributed by atoms with Crippen molar-refractivity contribution in [1.29, 1.82) is 0 Å². The van der Waals surface area contributed by atoms with Gasteiger partial charge in [-0.1, -0.05) is 26.1 Å². The van der Waals surface area contributed by atoms with Crippen molar-refractivity contribution in [3.63, 3.8) is 0 Å². The largest absolute Gasteiger partial charge is 0.393 e. The Kier molecular flexibility index (Phi) is 5.40. The second-order valence-corrected chi connectivity index (χ2v) is 5.36. The number of aromatic nitrogens is 3. The fourth-order valence-corrected chi connectivity index (χ4v) is 1.63. The van der Waals surface area contributed by atoms with E-state index in [-0.39, 0.29) is 0 Å². The number of hydrogen-bond acceptors (Lipinski definition) is 5. The lowest BCUT2D eigenvalue weighted by Gasteiger charge is -2.24. The molecule has 18 heavy (non-hydrogen) atoms. The Morgan fingerprint density at radius 2 is 1.94 bits per heavy atom. The minimum atomic E-state index is 0.514. The normalized spacial score (nSPS) is 10.7. The van der Waals surface area contributed by atoms with E-state index in [0.29, 0.717) is 23.3 Å². The highest BCUT2D eigenvalue weighted by Gasteiger charge is 2.13. The van der Waals surface area contributed by atoms with Crippen LogP contribution in [0.2, 0.25) is 0 Å². The molecule has 0 amide bonds. The summed E-state index contributed by atoms with van der Waals surface area (Å²) in [7, 11) is 0. The first-order chi connectivity index (χ1) is 8.40. The molecule has 0 aliphatic heterocycles. The van der Waals surface area contributed by atoms with Crippen LogP contribution in [0.3, 0.4) is 0 Å². The summed E-state index contributed by atoms with van der Waals surface area (Å²) in [5.74, 6) is 1.17. The molecule has 100 valence electrons. The summed E-state index contributed by atoms with van der Waals surface area (Å²) < 4.78 is 0. The number of hydrogen-bond donors (Lipinski definition) is 1. The minimum absolute atomic E-state index is 0.514. The van der Waals surface area contributed by atoms with Gasteiger partial charge in [-0.3, -0.25) is 0 Å². The maximum Gasteiger partial charge on any atom is 0.245 e. The zero-order valence-electron chi connectivity index (χ0n) is 11.5. The van der Waals surface area contributed by atoms with E-state index < -0.39 is 0 Å². The van der Waals surface area contributed by atoms with Gasteiger partial charge in [-0.05, 0) is 19.8 Å². The van der Waals surface area contributed by atoms with Crippen molar-refractivity contribution in [2.75, 3.05) is 18.0 Å². The van der Waals surface area contributed by atoms with Crippen LogP contribution in [0.4, 0.5) is 5.95 Å². The Bertz CT molecular complexity index is 419. The van der Waals surface area contributed by atoms with Crippen LogP contribution in [0.5, 0.6) is 0 Å². The van der Waals surface area contributed by atoms with Crippen molar-refractivity contribution >= 4 is 23.2 Å². The molecule has 0 atom stereocenters. The molecule has 1 aromatic rings. The lowest BCUT2D eigenvalue weighted by Crippen LogP contribution is -2.32. The summed E-state index contributed by atoms with van der Waals surface area (Å²) in [6, 6.07) is 0. The van der Waals surface area contributed by atoms with Gasteiger partial charge in [0.05, 0.1) is 16.4 Å². The van der Waals surface area contributed by atoms with Crippen LogP contribution in [0, 0.1) is 19.8 Å². The maximum absolute atomic E-state index is 5.55. The summed E-state index contributed by atoms with van der Waals surface area (Å²) in [5.41, 5.74) is 7.32. The van der Waals surface area contributed by atoms with Crippen LogP contribution < -0.4 is 10.6 Å². The van der Waals surface area contributed by atoms with Gasteiger partial charge in [0.1, 0.15) is 0 Å². The third kappa shape index (κ3) is 4.52. The smallest absolute Gasteiger partial charge is 0.245 e. The zero-order valence-corrected chi connectivity index (χ0v) is 12.3. The first kappa shape index (κ1) is 14.8. The summed E-state index contributed by atoms with van der Waals surface area (Å²) in [6.07, 6.45) is 0.665. The molecule has 0 spiro atoms. The number of nitrogens with two attached hydrogens (primary N) is 1. The molecule has 5 nitrogen and oxygen atoms in total. The average Bonchev–Trinajstić information content (AvgIpc) is 2.27. The van der Waals surface area contributed by atoms with Crippen LogP contribution in [0.1, 0.15) is 31.7 Å². The van der Waals surface area contributed by atoms with Gasteiger partial charge < -0.3 is 10.6 Å². The number of rotatable bonds is 6. The van der Waals surface area contributed by atoms with Crippen molar-refractivity contribution in [2.24, 2.45) is 11.7 Å². The monoisotopic (exact) mass is 267 g/mol. The van der Waals surface area contributed by atoms with Gasteiger partial charge in [-0.15, -0.1) is 5.10 Å². The Morgan fingerprint density at radius 3 is 2.44 bits per heavy atom. The van der Waals surface area contributed by atoms with Gasteiger partial charge in [0.2, 0.25) is 5.95 Å². The SMILES string of the molecule is Cc1nnc(N(CCC(N)=S)CC(C)C)nc1C. The van der Waals surface area contributed by atoms with Gasteiger partial charge in [-0.25, -0.2) is 4.98 Å². The predicted molar refractivity (Wildman–Crippen MR) is 77.8 cm³/mol. The molecule has 1 rings (SSSR count). The second-order valence-electron chi connectivity index (χ2n) is 4.84. The summed E-state index contributed by atoms with van der Waals surface area (Å²) >= 11 is 4.92. The van der Waals surface area contributed by atoms with Gasteiger partial charge >= 0.3 is 0 Å². The van der Waals surface area contributed by atoms with Gasteiger partial charge in [0.25, 0.3) is 0 Å². The first-order valence-corrected chi connectivity index (χ1v) is 6.52. The fraction of sp³-hybridized carbons (Fsp3) is 0.667. The van der Waals surface area contributed by atoms with Crippen molar-refractivity contribution in [2.45, 2.75) is 34.1 Å². The Labute approximate surface area is 114 Å². The van der Waals surface area contributed by atoms with Gasteiger partial charge in [0, 0.05) is 19.5 Å². The minimum Gasteiger partial charge on any atom is -0.393 e. The van der Waals surface area contributed by atoms with Crippen molar-refractivity contribution in [3.05, 3.63) is 11.4 Å². The lowest BCUT2D eigenvalue weighted by atomic mass is 10.2. The standard InChI is InChI=1S/C12H21N5S/c1-8(2)7-17(6-5-11(13)18)12-14-9(3)10(4)15-16-12/h8H,5-7H2,1-4H3,(H2,13,18). The molecular weight excluding hydrogens is 246 g/mol. The molecule has 0 unspecified atom stereocenters. The molecule has 0 aromatic carbocycles. The highest BCUT2D eigenvalue weighted by atomic mass is 32.1. The van der Waals surface area contributed by atoms with Crippen LogP contribution in [0.15, 0.2) is 0 Å². The van der Waals surface area contributed by atoms with Crippen LogP contribution in [-0.2, 0) is 0 Å². The molecule has 0 bridgehead atoms. The van der Waals surface area contributed by atoms with E-state index in [1.807, 2.05) is 13.8 Å². The first-order valence-electron chi connectivity index (χ1n) is 6.11. The molecule has 0 radical (unpaired) electrons. The molecular formula is C12H21N5S. The predicted octanol–water partition coefficient (Wildman–Crippen LogP) is 1.63. The summed E-state index contributed by atoms with van der Waals surface area (Å²) in [6.45, 7) is 9.75. The molecule has 6 heteroatoms. The molecule has 2 N–H and O–H groups in total. The molecule has 0 aliphatic rings. The number of aryl methyl sites for hydroxylation is 2. The van der Waals surface area contributed by atoms with Crippen LogP contribution in [-0.4, -0.2) is 33.3 Å². The average molecular weight is 267 g/mol. The Morgan fingerprint density at radius 1 is 1.28 bits per heavy atom. The molecule has 1 aromatic heterocycles. The molecule has 0 saturated heterocycles. The van der Waals surface area contributed by atoms with Gasteiger partial charge in [-0.2, -0.15) is 5.10 Å². The lowest BCUT2D eigenvalue weighted by molar-refractivity contribution is 0.599. The third-order valence-corrected chi connectivity index (χ3v) is 2.78. The highest BCUT2D eigenvalue weighted by Crippen LogP contribution is 2.11. The number of thiocarbonyl (C=S) groups is 1. The van der Waals surface area contributed by atoms with E-state index in [4.69, 9.17) is 18.0 Å².